The Labute approximate surface area is 144 Å². The molecule has 1 aromatic heterocycles. The fraction of sp³-hybridized carbons (Fsp3) is 0.750. The Kier molecular flexibility index (Phi) is 7.61. The number of guanidine groups is 1. The molecule has 0 amide bonds. The van der Waals surface area contributed by atoms with Gasteiger partial charge in [-0.25, -0.2) is 4.98 Å². The number of anilines is 1. The zero-order valence-electron chi connectivity index (χ0n) is 14.4. The van der Waals surface area contributed by atoms with Crippen LogP contribution < -0.4 is 10.6 Å². The quantitative estimate of drug-likeness (QED) is 0.444. The number of unbranched alkanes of at least 4 members (excludes halogenated alkanes) is 1. The lowest BCUT2D eigenvalue weighted by Gasteiger charge is -2.35. The van der Waals surface area contributed by atoms with E-state index in [1.165, 1.54) is 6.42 Å². The first-order valence-electron chi connectivity index (χ1n) is 8.66. The highest BCUT2D eigenvalue weighted by Crippen LogP contribution is 2.18. The van der Waals surface area contributed by atoms with Crippen molar-refractivity contribution in [2.45, 2.75) is 26.7 Å². The number of aromatic nitrogens is 1. The second kappa shape index (κ2) is 9.72. The monoisotopic (exact) mass is 338 g/mol. The third-order valence-electron chi connectivity index (χ3n) is 4.34. The Bertz CT molecular complexity index is 449. The maximum absolute atomic E-state index is 6.14. The van der Waals surface area contributed by atoms with E-state index in [9.17, 15) is 0 Å². The average molecular weight is 339 g/mol. The molecule has 0 spiro atoms. The minimum atomic E-state index is 0.701. The van der Waals surface area contributed by atoms with Crippen LogP contribution in [-0.2, 0) is 0 Å². The van der Waals surface area contributed by atoms with Gasteiger partial charge in [-0.05, 0) is 32.5 Å². The van der Waals surface area contributed by atoms with Gasteiger partial charge in [0.15, 0.2) is 11.1 Å². The van der Waals surface area contributed by atoms with Gasteiger partial charge in [-0.1, -0.05) is 13.8 Å². The minimum Gasteiger partial charge on any atom is -0.370 e. The second-order valence-electron chi connectivity index (χ2n) is 5.76. The van der Waals surface area contributed by atoms with Crippen molar-refractivity contribution < 1.29 is 0 Å². The van der Waals surface area contributed by atoms with Gasteiger partial charge < -0.3 is 20.4 Å². The van der Waals surface area contributed by atoms with Gasteiger partial charge >= 0.3 is 0 Å². The Balaban J connectivity index is 1.65. The lowest BCUT2D eigenvalue weighted by molar-refractivity contribution is 0.297. The molecule has 2 rings (SSSR count). The van der Waals surface area contributed by atoms with Gasteiger partial charge in [-0.15, -0.1) is 11.3 Å². The average Bonchev–Trinajstić information content (AvgIpc) is 3.12. The van der Waals surface area contributed by atoms with E-state index in [1.54, 1.807) is 11.3 Å². The molecular weight excluding hydrogens is 308 g/mol. The van der Waals surface area contributed by atoms with Crippen molar-refractivity contribution >= 4 is 22.4 Å². The molecule has 1 aliphatic heterocycles. The molecule has 0 saturated carbocycles. The summed E-state index contributed by atoms with van der Waals surface area (Å²) in [6.45, 7) is 12.5. The number of aliphatic imine (C=N–C) groups is 1. The number of hydrogen-bond acceptors (Lipinski definition) is 5. The normalized spacial score (nSPS) is 16.4. The van der Waals surface area contributed by atoms with Gasteiger partial charge in [0, 0.05) is 44.3 Å². The van der Waals surface area contributed by atoms with E-state index in [4.69, 9.17) is 5.73 Å². The van der Waals surface area contributed by atoms with Gasteiger partial charge in [0.25, 0.3) is 0 Å². The van der Waals surface area contributed by atoms with Crippen molar-refractivity contribution in [3.8, 4) is 0 Å². The van der Waals surface area contributed by atoms with Crippen LogP contribution in [0, 0.1) is 0 Å². The minimum absolute atomic E-state index is 0.701. The SMILES string of the molecule is CCN(CC)CCCCN=C(N)N1CCN(c2nccs2)CC1. The summed E-state index contributed by atoms with van der Waals surface area (Å²) in [5, 5.41) is 3.13. The van der Waals surface area contributed by atoms with Gasteiger partial charge in [0.2, 0.25) is 0 Å². The molecule has 0 radical (unpaired) electrons. The summed E-state index contributed by atoms with van der Waals surface area (Å²) in [5.41, 5.74) is 6.14. The van der Waals surface area contributed by atoms with Crippen molar-refractivity contribution in [3.05, 3.63) is 11.6 Å². The third-order valence-corrected chi connectivity index (χ3v) is 5.18. The van der Waals surface area contributed by atoms with E-state index in [0.717, 1.165) is 63.9 Å². The highest BCUT2D eigenvalue weighted by atomic mass is 32.1. The summed E-state index contributed by atoms with van der Waals surface area (Å²) < 4.78 is 0. The molecule has 0 unspecified atom stereocenters. The van der Waals surface area contributed by atoms with E-state index in [-0.39, 0.29) is 0 Å². The summed E-state index contributed by atoms with van der Waals surface area (Å²) in [7, 11) is 0. The number of nitrogens with zero attached hydrogens (tertiary/aromatic N) is 5. The number of thiazole rings is 1. The lowest BCUT2D eigenvalue weighted by atomic mass is 10.3. The van der Waals surface area contributed by atoms with Crippen molar-refractivity contribution in [2.75, 3.05) is 57.3 Å². The molecule has 1 aliphatic rings. The number of nitrogens with two attached hydrogens (primary N) is 1. The van der Waals surface area contributed by atoms with E-state index >= 15 is 0 Å². The maximum Gasteiger partial charge on any atom is 0.191 e. The van der Waals surface area contributed by atoms with Crippen molar-refractivity contribution in [1.29, 1.82) is 0 Å². The van der Waals surface area contributed by atoms with E-state index < -0.39 is 0 Å². The molecule has 1 fully saturated rings. The molecule has 130 valence electrons. The van der Waals surface area contributed by atoms with Crippen LogP contribution in [0.2, 0.25) is 0 Å². The van der Waals surface area contributed by atoms with Crippen LogP contribution in [0.25, 0.3) is 0 Å². The van der Waals surface area contributed by atoms with Crippen molar-refractivity contribution in [1.82, 2.24) is 14.8 Å². The van der Waals surface area contributed by atoms with E-state index in [2.05, 4.69) is 38.5 Å². The Hall–Kier alpha value is -1.34. The number of hydrogen-bond donors (Lipinski definition) is 1. The topological polar surface area (TPSA) is 61.0 Å². The van der Waals surface area contributed by atoms with Crippen LogP contribution in [-0.4, -0.2) is 73.1 Å². The van der Waals surface area contributed by atoms with E-state index in [1.807, 2.05) is 11.6 Å². The molecule has 0 atom stereocenters. The highest BCUT2D eigenvalue weighted by molar-refractivity contribution is 7.13. The first kappa shape index (κ1) is 18.0. The largest absolute Gasteiger partial charge is 0.370 e. The summed E-state index contributed by atoms with van der Waals surface area (Å²) >= 11 is 1.70. The number of piperazine rings is 1. The van der Waals surface area contributed by atoms with Crippen LogP contribution >= 0.6 is 11.3 Å². The zero-order valence-corrected chi connectivity index (χ0v) is 15.3. The van der Waals surface area contributed by atoms with Crippen molar-refractivity contribution in [2.24, 2.45) is 10.7 Å². The zero-order chi connectivity index (χ0) is 16.5. The van der Waals surface area contributed by atoms with Crippen LogP contribution in [0.5, 0.6) is 0 Å². The molecule has 7 heteroatoms. The molecule has 0 aliphatic carbocycles. The molecule has 0 aromatic carbocycles. The molecule has 1 saturated heterocycles. The van der Waals surface area contributed by atoms with Crippen LogP contribution in [0.3, 0.4) is 0 Å². The number of rotatable bonds is 8. The second-order valence-corrected chi connectivity index (χ2v) is 6.64. The Morgan fingerprint density at radius 1 is 1.26 bits per heavy atom. The molecule has 6 nitrogen and oxygen atoms in total. The Morgan fingerprint density at radius 3 is 2.61 bits per heavy atom. The van der Waals surface area contributed by atoms with Crippen LogP contribution in [0.15, 0.2) is 16.6 Å². The first-order valence-corrected chi connectivity index (χ1v) is 9.54. The van der Waals surface area contributed by atoms with Crippen LogP contribution in [0.1, 0.15) is 26.7 Å². The maximum atomic E-state index is 6.14. The fourth-order valence-electron chi connectivity index (χ4n) is 2.78. The molecular formula is C16H30N6S. The predicted octanol–water partition coefficient (Wildman–Crippen LogP) is 1.70. The molecule has 0 bridgehead atoms. The molecule has 2 heterocycles. The summed E-state index contributed by atoms with van der Waals surface area (Å²) in [4.78, 5) is 15.9. The standard InChI is InChI=1S/C16H30N6S/c1-3-20(4-2)9-6-5-7-18-15(17)21-10-12-22(13-11-21)16-19-8-14-23-16/h8,14H,3-7,9-13H2,1-2H3,(H2,17,18). The van der Waals surface area contributed by atoms with Crippen LogP contribution in [0.4, 0.5) is 5.13 Å². The summed E-state index contributed by atoms with van der Waals surface area (Å²) in [6.07, 6.45) is 4.16. The van der Waals surface area contributed by atoms with Gasteiger partial charge in [-0.2, -0.15) is 0 Å². The summed E-state index contributed by atoms with van der Waals surface area (Å²) in [6, 6.07) is 0. The molecule has 23 heavy (non-hydrogen) atoms. The third kappa shape index (κ3) is 5.66. The summed E-state index contributed by atoms with van der Waals surface area (Å²) in [5.74, 6) is 0.701. The smallest absolute Gasteiger partial charge is 0.191 e. The predicted molar refractivity (Wildman–Crippen MR) is 99.4 cm³/mol. The molecule has 1 aromatic rings. The fourth-order valence-corrected chi connectivity index (χ4v) is 3.48. The lowest BCUT2D eigenvalue weighted by Crippen LogP contribution is -2.51. The van der Waals surface area contributed by atoms with Gasteiger partial charge in [0.05, 0.1) is 0 Å². The van der Waals surface area contributed by atoms with Gasteiger partial charge in [-0.3, -0.25) is 4.99 Å². The molecule has 2 N–H and O–H groups in total. The highest BCUT2D eigenvalue weighted by Gasteiger charge is 2.19. The van der Waals surface area contributed by atoms with E-state index in [0.29, 0.717) is 5.96 Å². The Morgan fingerprint density at radius 2 is 2.00 bits per heavy atom. The van der Waals surface area contributed by atoms with Gasteiger partial charge in [0.1, 0.15) is 0 Å². The van der Waals surface area contributed by atoms with Crippen molar-refractivity contribution in [3.63, 3.8) is 0 Å². The first-order chi connectivity index (χ1) is 11.2.